The number of carboxylic acid groups (broad SMARTS) is 1. The first-order valence-corrected chi connectivity index (χ1v) is 5.48. The third-order valence-corrected chi connectivity index (χ3v) is 2.56. The van der Waals surface area contributed by atoms with Gasteiger partial charge in [-0.15, -0.1) is 10.2 Å². The highest BCUT2D eigenvalue weighted by Gasteiger charge is 2.06. The Morgan fingerprint density at radius 2 is 2.00 bits per heavy atom. The van der Waals surface area contributed by atoms with Crippen molar-refractivity contribution < 1.29 is 14.6 Å². The van der Waals surface area contributed by atoms with Gasteiger partial charge in [-0.1, -0.05) is 29.8 Å². The highest BCUT2D eigenvalue weighted by Crippen LogP contribution is 2.17. The minimum Gasteiger partial charge on any atom is -0.476 e. The van der Waals surface area contributed by atoms with Crippen LogP contribution in [0.3, 0.4) is 0 Å². The van der Waals surface area contributed by atoms with Gasteiger partial charge < -0.3 is 9.84 Å². The van der Waals surface area contributed by atoms with Crippen LogP contribution in [0.25, 0.3) is 0 Å². The molecule has 0 bridgehead atoms. The van der Waals surface area contributed by atoms with Crippen molar-refractivity contribution in [3.8, 4) is 5.88 Å². The number of carbonyl (C=O) groups is 1. The van der Waals surface area contributed by atoms with Crippen molar-refractivity contribution in [2.75, 3.05) is 0 Å². The number of halogens is 1. The van der Waals surface area contributed by atoms with Crippen molar-refractivity contribution in [3.63, 3.8) is 0 Å². The van der Waals surface area contributed by atoms with Crippen LogP contribution in [0, 0.1) is 0 Å². The van der Waals surface area contributed by atoms with Crippen LogP contribution in [0.4, 0.5) is 0 Å². The summed E-state index contributed by atoms with van der Waals surface area (Å²) >= 11 is 5.96. The molecule has 1 aromatic heterocycles. The topological polar surface area (TPSA) is 72.3 Å². The molecule has 0 saturated carbocycles. The maximum Gasteiger partial charge on any atom is 0.356 e. The van der Waals surface area contributed by atoms with Gasteiger partial charge in [0.2, 0.25) is 5.88 Å². The van der Waals surface area contributed by atoms with Crippen molar-refractivity contribution in [1.82, 2.24) is 10.2 Å². The highest BCUT2D eigenvalue weighted by atomic mass is 35.5. The number of hydrogen-bond donors (Lipinski definition) is 1. The van der Waals surface area contributed by atoms with Gasteiger partial charge in [-0.25, -0.2) is 4.79 Å². The lowest BCUT2D eigenvalue weighted by Gasteiger charge is -2.06. The summed E-state index contributed by atoms with van der Waals surface area (Å²) < 4.78 is 5.36. The van der Waals surface area contributed by atoms with E-state index in [2.05, 4.69) is 10.2 Å². The maximum absolute atomic E-state index is 10.6. The van der Waals surface area contributed by atoms with Crippen LogP contribution in [0.5, 0.6) is 5.88 Å². The predicted octanol–water partition coefficient (Wildman–Crippen LogP) is 2.41. The van der Waals surface area contributed by atoms with Crippen molar-refractivity contribution in [2.24, 2.45) is 0 Å². The largest absolute Gasteiger partial charge is 0.476 e. The molecule has 0 aliphatic heterocycles. The molecule has 0 spiro atoms. The second-order valence-electron chi connectivity index (χ2n) is 3.44. The van der Waals surface area contributed by atoms with Crippen LogP contribution in [-0.2, 0) is 6.61 Å². The smallest absolute Gasteiger partial charge is 0.356 e. The molecule has 6 heteroatoms. The van der Waals surface area contributed by atoms with Crippen LogP contribution < -0.4 is 4.74 Å². The lowest BCUT2D eigenvalue weighted by Crippen LogP contribution is -2.04. The lowest BCUT2D eigenvalue weighted by atomic mass is 10.2. The van der Waals surface area contributed by atoms with Gasteiger partial charge in [0.1, 0.15) is 6.61 Å². The van der Waals surface area contributed by atoms with Gasteiger partial charge >= 0.3 is 5.97 Å². The number of carboxylic acids is 1. The number of benzene rings is 1. The van der Waals surface area contributed by atoms with Gasteiger partial charge in [0.25, 0.3) is 0 Å². The molecular weight excluding hydrogens is 256 g/mol. The molecule has 2 aromatic rings. The minimum atomic E-state index is -1.12. The second-order valence-corrected chi connectivity index (χ2v) is 3.85. The standard InChI is InChI=1S/C12H9ClN2O3/c13-9-4-2-1-3-8(9)7-18-11-6-5-10(12(16)17)14-15-11/h1-6H,7H2,(H,16,17). The number of ether oxygens (including phenoxy) is 1. The van der Waals surface area contributed by atoms with E-state index in [4.69, 9.17) is 21.4 Å². The first kappa shape index (κ1) is 12.3. The molecule has 0 atom stereocenters. The fourth-order valence-electron chi connectivity index (χ4n) is 1.28. The molecule has 1 N–H and O–H groups in total. The van der Waals surface area contributed by atoms with E-state index in [9.17, 15) is 4.79 Å². The molecule has 1 heterocycles. The Bertz CT molecular complexity index is 558. The number of nitrogens with zero attached hydrogens (tertiary/aromatic N) is 2. The third kappa shape index (κ3) is 2.95. The number of rotatable bonds is 4. The quantitative estimate of drug-likeness (QED) is 0.918. The van der Waals surface area contributed by atoms with Gasteiger partial charge in [0.05, 0.1) is 0 Å². The summed E-state index contributed by atoms with van der Waals surface area (Å²) in [5, 5.41) is 16.4. The van der Waals surface area contributed by atoms with Crippen LogP contribution in [0.1, 0.15) is 16.1 Å². The summed E-state index contributed by atoms with van der Waals surface area (Å²) in [7, 11) is 0. The van der Waals surface area contributed by atoms with Gasteiger partial charge in [-0.05, 0) is 12.1 Å². The first-order valence-electron chi connectivity index (χ1n) is 5.10. The van der Waals surface area contributed by atoms with E-state index in [1.54, 1.807) is 6.07 Å². The van der Waals surface area contributed by atoms with Gasteiger partial charge in [0, 0.05) is 16.7 Å². The van der Waals surface area contributed by atoms with E-state index in [1.165, 1.54) is 12.1 Å². The van der Waals surface area contributed by atoms with Gasteiger partial charge in [0.15, 0.2) is 5.69 Å². The van der Waals surface area contributed by atoms with E-state index in [1.807, 2.05) is 18.2 Å². The van der Waals surface area contributed by atoms with Crippen molar-refractivity contribution in [3.05, 3.63) is 52.7 Å². The van der Waals surface area contributed by atoms with Gasteiger partial charge in [-0.3, -0.25) is 0 Å². The van der Waals surface area contributed by atoms with E-state index < -0.39 is 5.97 Å². The highest BCUT2D eigenvalue weighted by molar-refractivity contribution is 6.31. The molecule has 0 unspecified atom stereocenters. The molecule has 0 radical (unpaired) electrons. The normalized spacial score (nSPS) is 10.1. The molecule has 2 rings (SSSR count). The van der Waals surface area contributed by atoms with Crippen LogP contribution in [0.15, 0.2) is 36.4 Å². The summed E-state index contributed by atoms with van der Waals surface area (Å²) in [4.78, 5) is 10.6. The lowest BCUT2D eigenvalue weighted by molar-refractivity contribution is 0.0689. The summed E-state index contributed by atoms with van der Waals surface area (Å²) in [6.07, 6.45) is 0. The molecule has 0 fully saturated rings. The zero-order valence-corrected chi connectivity index (χ0v) is 9.96. The number of hydrogen-bond acceptors (Lipinski definition) is 4. The zero-order chi connectivity index (χ0) is 13.0. The predicted molar refractivity (Wildman–Crippen MR) is 64.8 cm³/mol. The van der Waals surface area contributed by atoms with Crippen LogP contribution in [0.2, 0.25) is 5.02 Å². The molecule has 5 nitrogen and oxygen atoms in total. The number of aromatic carboxylic acids is 1. The van der Waals surface area contributed by atoms with Crippen LogP contribution >= 0.6 is 11.6 Å². The Kier molecular flexibility index (Phi) is 3.74. The Balaban J connectivity index is 2.02. The fourth-order valence-corrected chi connectivity index (χ4v) is 1.47. The SMILES string of the molecule is O=C(O)c1ccc(OCc2ccccc2Cl)nn1. The molecule has 92 valence electrons. The molecule has 1 aromatic carbocycles. The average molecular weight is 265 g/mol. The first-order chi connectivity index (χ1) is 8.66. The molecule has 18 heavy (non-hydrogen) atoms. The van der Waals surface area contributed by atoms with Crippen molar-refractivity contribution in [1.29, 1.82) is 0 Å². The monoisotopic (exact) mass is 264 g/mol. The average Bonchev–Trinajstić information content (AvgIpc) is 2.38. The van der Waals surface area contributed by atoms with E-state index in [0.717, 1.165) is 5.56 Å². The van der Waals surface area contributed by atoms with Crippen molar-refractivity contribution >= 4 is 17.6 Å². The van der Waals surface area contributed by atoms with Gasteiger partial charge in [-0.2, -0.15) is 0 Å². The minimum absolute atomic E-state index is 0.125. The maximum atomic E-state index is 10.6. The fraction of sp³-hybridized carbons (Fsp3) is 0.0833. The Morgan fingerprint density at radius 1 is 1.22 bits per heavy atom. The Morgan fingerprint density at radius 3 is 2.61 bits per heavy atom. The van der Waals surface area contributed by atoms with E-state index in [-0.39, 0.29) is 18.2 Å². The number of aromatic nitrogens is 2. The third-order valence-electron chi connectivity index (χ3n) is 2.19. The Labute approximate surface area is 108 Å². The van der Waals surface area contributed by atoms with Crippen molar-refractivity contribution in [2.45, 2.75) is 6.61 Å². The summed E-state index contributed by atoms with van der Waals surface area (Å²) in [6, 6.07) is 10.1. The molecular formula is C12H9ClN2O3. The summed E-state index contributed by atoms with van der Waals surface area (Å²) in [5.74, 6) is -0.875. The second kappa shape index (κ2) is 5.46. The van der Waals surface area contributed by atoms with E-state index in [0.29, 0.717) is 5.02 Å². The molecule has 0 saturated heterocycles. The molecule has 0 aliphatic carbocycles. The Hall–Kier alpha value is -2.14. The molecule has 0 amide bonds. The summed E-state index contributed by atoms with van der Waals surface area (Å²) in [5.41, 5.74) is 0.698. The summed E-state index contributed by atoms with van der Waals surface area (Å²) in [6.45, 7) is 0.251. The zero-order valence-electron chi connectivity index (χ0n) is 9.21. The molecule has 0 aliphatic rings. The van der Waals surface area contributed by atoms with E-state index >= 15 is 0 Å². The van der Waals surface area contributed by atoms with Crippen LogP contribution in [-0.4, -0.2) is 21.3 Å².